The number of phenols is 2. The summed E-state index contributed by atoms with van der Waals surface area (Å²) in [6.45, 7) is 0. The standard InChI is InChI=1S/C13H11N7O4S/c1-19-9(20(23)24)6-14-11(19)12-16-18-13(25-12)17-15-5-7-3-2-4-8(21)10(7)22/h2-6,21-22H,1H3,(H,17,18)/b15-5+. The van der Waals surface area contributed by atoms with Gasteiger partial charge in [-0.2, -0.15) is 5.10 Å². The zero-order valence-corrected chi connectivity index (χ0v) is 13.5. The Morgan fingerprint density at radius 1 is 1.40 bits per heavy atom. The van der Waals surface area contributed by atoms with E-state index in [0.29, 0.717) is 21.5 Å². The summed E-state index contributed by atoms with van der Waals surface area (Å²) in [6, 6.07) is 4.48. The molecular weight excluding hydrogens is 350 g/mol. The van der Waals surface area contributed by atoms with Gasteiger partial charge in [0.25, 0.3) is 5.82 Å². The van der Waals surface area contributed by atoms with Gasteiger partial charge in [-0.15, -0.1) is 10.2 Å². The van der Waals surface area contributed by atoms with E-state index in [2.05, 4.69) is 25.7 Å². The molecule has 0 bridgehead atoms. The van der Waals surface area contributed by atoms with Crippen molar-refractivity contribution >= 4 is 28.5 Å². The summed E-state index contributed by atoms with van der Waals surface area (Å²) < 4.78 is 1.30. The summed E-state index contributed by atoms with van der Waals surface area (Å²) in [5, 5.41) is 42.3. The second kappa shape index (κ2) is 6.52. The molecule has 0 unspecified atom stereocenters. The van der Waals surface area contributed by atoms with Gasteiger partial charge in [0, 0.05) is 5.56 Å². The molecule has 2 heterocycles. The fourth-order valence-corrected chi connectivity index (χ4v) is 2.66. The maximum absolute atomic E-state index is 10.8. The second-order valence-electron chi connectivity index (χ2n) is 4.75. The first-order valence-electron chi connectivity index (χ1n) is 6.77. The van der Waals surface area contributed by atoms with Gasteiger partial charge < -0.3 is 20.3 Å². The molecule has 0 atom stereocenters. The van der Waals surface area contributed by atoms with Crippen LogP contribution in [0, 0.1) is 10.1 Å². The Hall–Kier alpha value is -3.54. The second-order valence-corrected chi connectivity index (χ2v) is 5.73. The lowest BCUT2D eigenvalue weighted by molar-refractivity contribution is -0.391. The molecule has 0 fully saturated rings. The van der Waals surface area contributed by atoms with Gasteiger partial charge in [0.15, 0.2) is 11.5 Å². The largest absolute Gasteiger partial charge is 0.504 e. The van der Waals surface area contributed by atoms with Gasteiger partial charge in [0.1, 0.15) is 6.20 Å². The van der Waals surface area contributed by atoms with Crippen molar-refractivity contribution < 1.29 is 15.1 Å². The van der Waals surface area contributed by atoms with Crippen molar-refractivity contribution in [1.82, 2.24) is 19.7 Å². The van der Waals surface area contributed by atoms with E-state index < -0.39 is 4.92 Å². The summed E-state index contributed by atoms with van der Waals surface area (Å²) in [7, 11) is 1.51. The number of imidazole rings is 1. The van der Waals surface area contributed by atoms with Crippen molar-refractivity contribution in [3.8, 4) is 22.3 Å². The normalized spacial score (nSPS) is 11.1. The predicted molar refractivity (Wildman–Crippen MR) is 89.8 cm³/mol. The van der Waals surface area contributed by atoms with Crippen molar-refractivity contribution in [3.05, 3.63) is 40.1 Å². The number of aromatic nitrogens is 4. The summed E-state index contributed by atoms with van der Waals surface area (Å²) in [5.74, 6) is -0.381. The molecule has 0 saturated heterocycles. The van der Waals surface area contributed by atoms with Gasteiger partial charge in [-0.25, -0.2) is 9.55 Å². The Balaban J connectivity index is 1.75. The molecule has 2 aromatic heterocycles. The summed E-state index contributed by atoms with van der Waals surface area (Å²) in [6.07, 6.45) is 2.45. The number of para-hydroxylation sites is 1. The van der Waals surface area contributed by atoms with Gasteiger partial charge in [-0.1, -0.05) is 17.4 Å². The number of nitro groups is 1. The van der Waals surface area contributed by atoms with Crippen LogP contribution in [-0.2, 0) is 7.05 Å². The highest BCUT2D eigenvalue weighted by molar-refractivity contribution is 7.18. The summed E-state index contributed by atoms with van der Waals surface area (Å²) >= 11 is 1.10. The number of benzene rings is 1. The van der Waals surface area contributed by atoms with Gasteiger partial charge in [-0.05, 0) is 17.1 Å². The Morgan fingerprint density at radius 3 is 2.92 bits per heavy atom. The topological polar surface area (TPSA) is 152 Å². The minimum absolute atomic E-state index is 0.155. The number of hydrogen-bond donors (Lipinski definition) is 3. The first kappa shape index (κ1) is 16.3. The van der Waals surface area contributed by atoms with Crippen LogP contribution < -0.4 is 5.43 Å². The maximum Gasteiger partial charge on any atom is 0.342 e. The van der Waals surface area contributed by atoms with Crippen LogP contribution in [-0.4, -0.2) is 41.1 Å². The first-order chi connectivity index (χ1) is 12.0. The lowest BCUT2D eigenvalue weighted by Crippen LogP contribution is -1.98. The highest BCUT2D eigenvalue weighted by Gasteiger charge is 2.21. The molecule has 128 valence electrons. The minimum atomic E-state index is -0.539. The molecule has 0 aliphatic rings. The number of nitrogens with zero attached hydrogens (tertiary/aromatic N) is 6. The third-order valence-electron chi connectivity index (χ3n) is 3.18. The first-order valence-corrected chi connectivity index (χ1v) is 7.59. The number of aromatic hydroxyl groups is 2. The molecule has 11 nitrogen and oxygen atoms in total. The van der Waals surface area contributed by atoms with Crippen LogP contribution >= 0.6 is 11.3 Å². The molecule has 3 aromatic rings. The molecule has 1 aromatic carbocycles. The van der Waals surface area contributed by atoms with Crippen molar-refractivity contribution in [2.75, 3.05) is 5.43 Å². The van der Waals surface area contributed by atoms with Crippen molar-refractivity contribution in [1.29, 1.82) is 0 Å². The molecule has 0 amide bonds. The van der Waals surface area contributed by atoms with E-state index in [1.165, 1.54) is 23.9 Å². The van der Waals surface area contributed by atoms with E-state index in [1.807, 2.05) is 0 Å². The molecule has 3 rings (SSSR count). The monoisotopic (exact) mass is 361 g/mol. The average molecular weight is 361 g/mol. The van der Waals surface area contributed by atoms with Crippen LogP contribution in [0.15, 0.2) is 29.5 Å². The van der Waals surface area contributed by atoms with Crippen LogP contribution in [0.3, 0.4) is 0 Å². The zero-order valence-electron chi connectivity index (χ0n) is 12.7. The van der Waals surface area contributed by atoms with Crippen LogP contribution in [0.25, 0.3) is 10.8 Å². The van der Waals surface area contributed by atoms with Gasteiger partial charge >= 0.3 is 5.82 Å². The van der Waals surface area contributed by atoms with Gasteiger partial charge in [-0.3, -0.25) is 5.43 Å². The number of hydrazone groups is 1. The van der Waals surface area contributed by atoms with Gasteiger partial charge in [0.05, 0.1) is 13.3 Å². The molecular formula is C13H11N7O4S. The molecule has 0 radical (unpaired) electrons. The lowest BCUT2D eigenvalue weighted by atomic mass is 10.2. The third-order valence-corrected chi connectivity index (χ3v) is 4.00. The lowest BCUT2D eigenvalue weighted by Gasteiger charge is -2.00. The van der Waals surface area contributed by atoms with Crippen LogP contribution in [0.5, 0.6) is 11.5 Å². The molecule has 0 saturated carbocycles. The van der Waals surface area contributed by atoms with E-state index in [4.69, 9.17) is 0 Å². The average Bonchev–Trinajstić information content (AvgIpc) is 3.18. The quantitative estimate of drug-likeness (QED) is 0.269. The number of rotatable bonds is 5. The zero-order chi connectivity index (χ0) is 18.0. The predicted octanol–water partition coefficient (Wildman–Crippen LogP) is 1.70. The minimum Gasteiger partial charge on any atom is -0.504 e. The molecule has 25 heavy (non-hydrogen) atoms. The van der Waals surface area contributed by atoms with Crippen molar-refractivity contribution in [2.45, 2.75) is 0 Å². The van der Waals surface area contributed by atoms with Crippen molar-refractivity contribution in [3.63, 3.8) is 0 Å². The fourth-order valence-electron chi connectivity index (χ4n) is 1.94. The number of anilines is 1. The van der Waals surface area contributed by atoms with E-state index in [-0.39, 0.29) is 17.3 Å². The Kier molecular flexibility index (Phi) is 4.26. The van der Waals surface area contributed by atoms with Crippen molar-refractivity contribution in [2.24, 2.45) is 12.1 Å². The molecule has 3 N–H and O–H groups in total. The molecule has 0 aliphatic heterocycles. The maximum atomic E-state index is 10.8. The summed E-state index contributed by atoms with van der Waals surface area (Å²) in [5.41, 5.74) is 2.95. The van der Waals surface area contributed by atoms with E-state index in [1.54, 1.807) is 12.1 Å². The van der Waals surface area contributed by atoms with E-state index in [9.17, 15) is 20.3 Å². The fraction of sp³-hybridized carbons (Fsp3) is 0.0769. The van der Waals surface area contributed by atoms with Gasteiger partial charge in [0.2, 0.25) is 10.1 Å². The third kappa shape index (κ3) is 3.23. The highest BCUT2D eigenvalue weighted by atomic mass is 32.1. The Morgan fingerprint density at radius 2 is 2.20 bits per heavy atom. The van der Waals surface area contributed by atoms with Crippen LogP contribution in [0.1, 0.15) is 5.56 Å². The number of phenolic OH excluding ortho intramolecular Hbond substituents is 2. The van der Waals surface area contributed by atoms with Crippen LogP contribution in [0.2, 0.25) is 0 Å². The number of hydrogen-bond acceptors (Lipinski definition) is 10. The number of nitrogens with one attached hydrogen (secondary N) is 1. The summed E-state index contributed by atoms with van der Waals surface area (Å²) in [4.78, 5) is 14.3. The molecule has 12 heteroatoms. The Bertz CT molecular complexity index is 965. The smallest absolute Gasteiger partial charge is 0.342 e. The molecule has 0 aliphatic carbocycles. The van der Waals surface area contributed by atoms with E-state index >= 15 is 0 Å². The molecule has 0 spiro atoms. The Labute approximate surface area is 144 Å². The highest BCUT2D eigenvalue weighted by Crippen LogP contribution is 2.28. The van der Waals surface area contributed by atoms with Crippen LogP contribution in [0.4, 0.5) is 10.9 Å². The SMILES string of the molecule is Cn1c([N+](=O)[O-])cnc1-c1nnc(N/N=C/c2cccc(O)c2O)s1. The van der Waals surface area contributed by atoms with E-state index in [0.717, 1.165) is 17.5 Å².